The van der Waals surface area contributed by atoms with Crippen LogP contribution in [-0.2, 0) is 16.4 Å². The predicted octanol–water partition coefficient (Wildman–Crippen LogP) is 5.64. The summed E-state index contributed by atoms with van der Waals surface area (Å²) in [6.07, 6.45) is 1.79. The Hall–Kier alpha value is -3.45. The minimum atomic E-state index is -4.07. The first-order chi connectivity index (χ1) is 18.6. The highest BCUT2D eigenvalue weighted by Gasteiger charge is 2.21. The topological polar surface area (TPSA) is 124 Å². The fraction of sp³-hybridized carbons (Fsp3) is 0.192. The van der Waals surface area contributed by atoms with E-state index in [0.29, 0.717) is 23.7 Å². The van der Waals surface area contributed by atoms with Crippen LogP contribution < -0.4 is 19.5 Å². The van der Waals surface area contributed by atoms with Gasteiger partial charge in [-0.25, -0.2) is 18.1 Å². The van der Waals surface area contributed by atoms with Gasteiger partial charge in [-0.3, -0.25) is 9.59 Å². The van der Waals surface area contributed by atoms with Gasteiger partial charge in [0.2, 0.25) is 0 Å². The Morgan fingerprint density at radius 1 is 1.03 bits per heavy atom. The summed E-state index contributed by atoms with van der Waals surface area (Å²) in [7, 11) is -4.07. The van der Waals surface area contributed by atoms with Crippen molar-refractivity contribution in [3.05, 3.63) is 86.5 Å². The Morgan fingerprint density at radius 2 is 1.82 bits per heavy atom. The van der Waals surface area contributed by atoms with Gasteiger partial charge in [0.15, 0.2) is 0 Å². The number of benzene rings is 1. The lowest BCUT2D eigenvalue weighted by Crippen LogP contribution is -2.30. The highest BCUT2D eigenvalue weighted by atomic mass is 35.5. The molecule has 0 aliphatic heterocycles. The van der Waals surface area contributed by atoms with Crippen LogP contribution in [0.25, 0.3) is 0 Å². The third-order valence-electron chi connectivity index (χ3n) is 5.06. The Kier molecular flexibility index (Phi) is 9.23. The second-order valence-electron chi connectivity index (χ2n) is 8.47. The Bertz CT molecular complexity index is 1550. The normalized spacial score (nSPS) is 11.3. The molecule has 4 aromatic rings. The van der Waals surface area contributed by atoms with E-state index in [1.807, 2.05) is 30.0 Å². The summed E-state index contributed by atoms with van der Waals surface area (Å²) in [5.74, 6) is -0.195. The third kappa shape index (κ3) is 8.02. The summed E-state index contributed by atoms with van der Waals surface area (Å²) in [5, 5.41) is 6.73. The number of amides is 2. The number of rotatable bonds is 11. The van der Waals surface area contributed by atoms with Crippen molar-refractivity contribution in [3.63, 3.8) is 0 Å². The lowest BCUT2D eigenvalue weighted by Gasteiger charge is -2.14. The molecule has 0 atom stereocenters. The van der Waals surface area contributed by atoms with Gasteiger partial charge >= 0.3 is 0 Å². The Balaban J connectivity index is 1.42. The first-order valence-corrected chi connectivity index (χ1v) is 15.3. The second kappa shape index (κ2) is 12.6. The van der Waals surface area contributed by atoms with Crippen LogP contribution in [-0.4, -0.2) is 37.9 Å². The van der Waals surface area contributed by atoms with Crippen molar-refractivity contribution < 1.29 is 27.5 Å². The lowest BCUT2D eigenvalue weighted by molar-refractivity contribution is 0.0980. The van der Waals surface area contributed by atoms with Gasteiger partial charge in [0.25, 0.3) is 21.8 Å². The predicted molar refractivity (Wildman–Crippen MR) is 152 cm³/mol. The Morgan fingerprint density at radius 3 is 2.46 bits per heavy atom. The zero-order chi connectivity index (χ0) is 28.0. The molecule has 0 bridgehead atoms. The standard InChI is InChI=1S/C26H24ClN3O6S3/c1-16(2)36-21-12-19(11-20(13-21)35-9-7-17-8-10-37-15-17)25(31)29-23-5-3-18(14-28-23)26(32)30-39(33,34)24-6-4-22(27)38-24/h3-6,8,10-16H,7,9H2,1-2H3,(H,30,32)(H,28,29,31). The van der Waals surface area contributed by atoms with Gasteiger partial charge in [0.05, 0.1) is 22.6 Å². The molecular formula is C26H24ClN3O6S3. The lowest BCUT2D eigenvalue weighted by atomic mass is 10.1. The van der Waals surface area contributed by atoms with Crippen molar-refractivity contribution in [1.29, 1.82) is 0 Å². The SMILES string of the molecule is CC(C)Oc1cc(OCCc2ccsc2)cc(C(=O)Nc2ccc(C(=O)NS(=O)(=O)c3ccc(Cl)s3)cn2)c1. The molecule has 13 heteroatoms. The number of sulfonamides is 1. The van der Waals surface area contributed by atoms with Crippen LogP contribution in [0.4, 0.5) is 5.82 Å². The number of hydrogen-bond acceptors (Lipinski definition) is 9. The summed E-state index contributed by atoms with van der Waals surface area (Å²) in [5.41, 5.74) is 1.46. The van der Waals surface area contributed by atoms with Crippen LogP contribution in [0.2, 0.25) is 4.34 Å². The fourth-order valence-corrected chi connectivity index (χ4v) is 6.47. The van der Waals surface area contributed by atoms with Gasteiger partial charge in [0.1, 0.15) is 21.5 Å². The molecule has 0 fully saturated rings. The van der Waals surface area contributed by atoms with Gasteiger partial charge in [0, 0.05) is 24.2 Å². The van der Waals surface area contributed by atoms with E-state index in [9.17, 15) is 18.0 Å². The minimum Gasteiger partial charge on any atom is -0.493 e. The molecular weight excluding hydrogens is 582 g/mol. The highest BCUT2D eigenvalue weighted by molar-refractivity contribution is 7.92. The van der Waals surface area contributed by atoms with Crippen LogP contribution in [0.3, 0.4) is 0 Å². The van der Waals surface area contributed by atoms with E-state index in [4.69, 9.17) is 21.1 Å². The summed E-state index contributed by atoms with van der Waals surface area (Å²) < 4.78 is 38.6. The molecule has 0 aliphatic rings. The van der Waals surface area contributed by atoms with Crippen LogP contribution in [0.5, 0.6) is 11.5 Å². The molecule has 2 N–H and O–H groups in total. The van der Waals surface area contributed by atoms with E-state index in [1.165, 1.54) is 36.0 Å². The van der Waals surface area contributed by atoms with Gasteiger partial charge < -0.3 is 14.8 Å². The first-order valence-electron chi connectivity index (χ1n) is 11.6. The molecule has 0 unspecified atom stereocenters. The number of ether oxygens (including phenoxy) is 2. The molecule has 3 heterocycles. The smallest absolute Gasteiger partial charge is 0.273 e. The van der Waals surface area contributed by atoms with Crippen molar-refractivity contribution in [2.24, 2.45) is 0 Å². The average molecular weight is 606 g/mol. The number of pyridine rings is 1. The maximum Gasteiger partial charge on any atom is 0.273 e. The summed E-state index contributed by atoms with van der Waals surface area (Å²) >= 11 is 8.24. The van der Waals surface area contributed by atoms with Crippen molar-refractivity contribution in [1.82, 2.24) is 9.71 Å². The number of anilines is 1. The maximum atomic E-state index is 13.0. The zero-order valence-electron chi connectivity index (χ0n) is 20.8. The molecule has 0 radical (unpaired) electrons. The molecule has 0 spiro atoms. The number of hydrogen-bond donors (Lipinski definition) is 2. The average Bonchev–Trinajstić information content (AvgIpc) is 3.56. The summed E-state index contributed by atoms with van der Waals surface area (Å²) in [6, 6.07) is 12.5. The van der Waals surface area contributed by atoms with Crippen LogP contribution >= 0.6 is 34.3 Å². The van der Waals surface area contributed by atoms with Crippen molar-refractivity contribution in [2.75, 3.05) is 11.9 Å². The highest BCUT2D eigenvalue weighted by Crippen LogP contribution is 2.26. The molecule has 0 saturated heterocycles. The monoisotopic (exact) mass is 605 g/mol. The zero-order valence-corrected chi connectivity index (χ0v) is 24.0. The largest absolute Gasteiger partial charge is 0.493 e. The van der Waals surface area contributed by atoms with E-state index in [2.05, 4.69) is 15.7 Å². The maximum absolute atomic E-state index is 13.0. The molecule has 4 rings (SSSR count). The van der Waals surface area contributed by atoms with Gasteiger partial charge in [-0.15, -0.1) is 11.3 Å². The Labute approximate surface area is 238 Å². The molecule has 39 heavy (non-hydrogen) atoms. The molecule has 2 amide bonds. The van der Waals surface area contributed by atoms with E-state index >= 15 is 0 Å². The van der Waals surface area contributed by atoms with Crippen molar-refractivity contribution >= 4 is 61.9 Å². The number of nitrogens with one attached hydrogen (secondary N) is 2. The minimum absolute atomic E-state index is 0.00661. The second-order valence-corrected chi connectivity index (χ2v) is 12.9. The van der Waals surface area contributed by atoms with Crippen molar-refractivity contribution in [3.8, 4) is 11.5 Å². The number of nitrogens with zero attached hydrogens (tertiary/aromatic N) is 1. The first kappa shape index (κ1) is 28.6. The molecule has 204 valence electrons. The summed E-state index contributed by atoms with van der Waals surface area (Å²) in [6.45, 7) is 4.20. The molecule has 0 saturated carbocycles. The fourth-order valence-electron chi connectivity index (χ4n) is 3.31. The molecule has 9 nitrogen and oxygen atoms in total. The number of carbonyl (C=O) groups excluding carboxylic acids is 2. The number of carbonyl (C=O) groups is 2. The summed E-state index contributed by atoms with van der Waals surface area (Å²) in [4.78, 5) is 29.5. The number of halogens is 1. The van der Waals surface area contributed by atoms with Gasteiger partial charge in [-0.2, -0.15) is 11.3 Å². The van der Waals surface area contributed by atoms with Crippen molar-refractivity contribution in [2.45, 2.75) is 30.6 Å². The van der Waals surface area contributed by atoms with Gasteiger partial charge in [-0.05, 0) is 72.6 Å². The van der Waals surface area contributed by atoms with E-state index in [1.54, 1.807) is 29.5 Å². The van der Waals surface area contributed by atoms with E-state index in [-0.39, 0.29) is 26.0 Å². The molecule has 1 aromatic carbocycles. The molecule has 0 aliphatic carbocycles. The van der Waals surface area contributed by atoms with Crippen LogP contribution in [0, 0.1) is 0 Å². The number of thiophene rings is 2. The van der Waals surface area contributed by atoms with Gasteiger partial charge in [-0.1, -0.05) is 11.6 Å². The van der Waals surface area contributed by atoms with Crippen LogP contribution in [0.1, 0.15) is 40.1 Å². The quantitative estimate of drug-likeness (QED) is 0.227. The van der Waals surface area contributed by atoms with Crippen LogP contribution in [0.15, 0.2) is 69.7 Å². The van der Waals surface area contributed by atoms with E-state index in [0.717, 1.165) is 17.8 Å². The van der Waals surface area contributed by atoms with E-state index < -0.39 is 21.8 Å². The number of aromatic nitrogens is 1. The molecule has 3 aromatic heterocycles. The third-order valence-corrected chi connectivity index (χ3v) is 8.85.